The first-order chi connectivity index (χ1) is 57.4. The SMILES string of the molecule is COCCOc1cccc(-n2ncc(Br)c(Br)c2=O)c1.COc1cccc(-n2ncc(Br)c(Br)c2=O)c1.Cc1cccc(-n2ncc(I)c(I)c2=O)c1.NCCCOc1cccc(-n2ncc(Br)c(Br)c2=O)c1.O=c1c(Br)c(Br)cnn1-c1ccccn1.O=c1c(Cl)c(Cl)cnn1-c1ccc(Cl)cc1Cl.O=c1c(Cl)c(Cl)cnn1-c1ccccn1. The molecule has 0 aliphatic heterocycles. The minimum Gasteiger partial charge on any atom is -0.497 e. The van der Waals surface area contributed by atoms with E-state index in [1.165, 1.54) is 41.9 Å². The maximum atomic E-state index is 12.1. The van der Waals surface area contributed by atoms with Crippen molar-refractivity contribution in [3.8, 4) is 57.3 Å². The van der Waals surface area contributed by atoms with Gasteiger partial charge in [-0.2, -0.15) is 68.5 Å². The summed E-state index contributed by atoms with van der Waals surface area (Å²) in [6, 6.07) is 44.4. The molecule has 5 aromatic carbocycles. The van der Waals surface area contributed by atoms with Crippen molar-refractivity contribution >= 4 is 242 Å². The van der Waals surface area contributed by atoms with Gasteiger partial charge in [-0.05, 0) is 289 Å². The van der Waals surface area contributed by atoms with Crippen LogP contribution in [-0.4, -0.2) is 119 Å². The van der Waals surface area contributed by atoms with Crippen LogP contribution < -0.4 is 58.9 Å². The van der Waals surface area contributed by atoms with Gasteiger partial charge in [-0.15, -0.1) is 0 Å². The number of hydrogen-bond donors (Lipinski definition) is 1. The van der Waals surface area contributed by atoms with E-state index >= 15 is 0 Å². The summed E-state index contributed by atoms with van der Waals surface area (Å²) < 4.78 is 35.6. The summed E-state index contributed by atoms with van der Waals surface area (Å²) in [4.78, 5) is 91.5. The maximum Gasteiger partial charge on any atom is 0.293 e. The Morgan fingerprint density at radius 2 is 0.767 bits per heavy atom. The van der Waals surface area contributed by atoms with Crippen molar-refractivity contribution in [2.45, 2.75) is 13.3 Å². The molecule has 0 atom stereocenters. The molecule has 120 heavy (non-hydrogen) atoms. The predicted molar refractivity (Wildman–Crippen MR) is 509 cm³/mol. The van der Waals surface area contributed by atoms with Gasteiger partial charge in [-0.3, -0.25) is 33.6 Å². The fourth-order valence-electron chi connectivity index (χ4n) is 9.16. The molecule has 14 aromatic rings. The lowest BCUT2D eigenvalue weighted by atomic mass is 10.2. The molecule has 0 aliphatic rings. The molecule has 0 fully saturated rings. The third kappa shape index (κ3) is 27.5. The fraction of sp³-hybridized carbons (Fsp3) is 0.105. The average molecular weight is 2490 g/mol. The van der Waals surface area contributed by atoms with Crippen LogP contribution in [0.2, 0.25) is 30.1 Å². The molecule has 0 amide bonds. The van der Waals surface area contributed by atoms with Crippen molar-refractivity contribution in [2.24, 2.45) is 5.73 Å². The molecule has 0 saturated heterocycles. The number of hydrogen-bond acceptors (Lipinski definition) is 21. The lowest BCUT2D eigenvalue weighted by molar-refractivity contribution is 0.146. The number of nitrogens with two attached hydrogens (primary N) is 1. The Bertz CT molecular complexity index is 6180. The lowest BCUT2D eigenvalue weighted by Crippen LogP contribution is -2.24. The Morgan fingerprint density at radius 1 is 0.383 bits per heavy atom. The van der Waals surface area contributed by atoms with Gasteiger partial charge in [-0.1, -0.05) is 112 Å². The molecule has 14 rings (SSSR count). The second-order valence-electron chi connectivity index (χ2n) is 23.0. The van der Waals surface area contributed by atoms with E-state index in [-0.39, 0.29) is 47.9 Å². The van der Waals surface area contributed by atoms with Gasteiger partial charge in [0.15, 0.2) is 11.6 Å². The quantitative estimate of drug-likeness (QED) is 0.0693. The van der Waals surface area contributed by atoms with Crippen molar-refractivity contribution in [1.29, 1.82) is 0 Å². The molecule has 0 saturated carbocycles. The van der Waals surface area contributed by atoms with Gasteiger partial charge in [0.2, 0.25) is 0 Å². The number of benzene rings is 5. The molecule has 44 heteroatoms. The molecule has 28 nitrogen and oxygen atoms in total. The summed E-state index contributed by atoms with van der Waals surface area (Å²) in [5.74, 6) is 2.92. The number of methoxy groups -OCH3 is 2. The first kappa shape index (κ1) is 98.4. The Balaban J connectivity index is 0.000000175. The third-order valence-electron chi connectivity index (χ3n) is 14.8. The van der Waals surface area contributed by atoms with Crippen LogP contribution in [0.15, 0.2) is 277 Å². The van der Waals surface area contributed by atoms with Crippen molar-refractivity contribution in [3.63, 3.8) is 0 Å². The molecule has 0 spiro atoms. The van der Waals surface area contributed by atoms with Crippen LogP contribution in [0.25, 0.3) is 40.1 Å². The molecule has 2 N–H and O–H groups in total. The Kier molecular flexibility index (Phi) is 40.0. The zero-order chi connectivity index (χ0) is 87.4. The molecule has 0 aliphatic carbocycles. The van der Waals surface area contributed by atoms with Crippen LogP contribution in [0.3, 0.4) is 0 Å². The minimum absolute atomic E-state index is 0.0580. The largest absolute Gasteiger partial charge is 0.497 e. The monoisotopic (exact) mass is 2480 g/mol. The van der Waals surface area contributed by atoms with E-state index in [1.807, 2.05) is 84.1 Å². The van der Waals surface area contributed by atoms with E-state index in [2.05, 4.69) is 196 Å². The number of halogens is 16. The van der Waals surface area contributed by atoms with Crippen LogP contribution in [0, 0.1) is 14.1 Å². The summed E-state index contributed by atoms with van der Waals surface area (Å²) >= 11 is 64.4. The summed E-state index contributed by atoms with van der Waals surface area (Å²) in [7, 11) is 3.19. The van der Waals surface area contributed by atoms with Crippen molar-refractivity contribution in [1.82, 2.24) is 78.4 Å². The van der Waals surface area contributed by atoms with E-state index in [9.17, 15) is 33.6 Å². The van der Waals surface area contributed by atoms with Gasteiger partial charge in [-0.25, -0.2) is 9.97 Å². The highest BCUT2D eigenvalue weighted by Crippen LogP contribution is 2.27. The molecular weight excluding hydrogens is 2430 g/mol. The molecule has 0 bridgehead atoms. The Morgan fingerprint density at radius 3 is 1.20 bits per heavy atom. The van der Waals surface area contributed by atoms with E-state index in [4.69, 9.17) is 94.3 Å². The predicted octanol–water partition coefficient (Wildman–Crippen LogP) is 18.7. The minimum atomic E-state index is -0.539. The molecule has 9 aromatic heterocycles. The second kappa shape index (κ2) is 48.8. The van der Waals surface area contributed by atoms with Crippen LogP contribution >= 0.6 is 242 Å². The highest BCUT2D eigenvalue weighted by Gasteiger charge is 2.17. The highest BCUT2D eigenvalue weighted by atomic mass is 127. The smallest absolute Gasteiger partial charge is 0.293 e. The number of aromatic nitrogens is 16. The second-order valence-corrected chi connectivity index (χ2v) is 34.2. The number of pyridine rings is 2. The summed E-state index contributed by atoms with van der Waals surface area (Å²) in [5.41, 5.74) is 7.61. The summed E-state index contributed by atoms with van der Waals surface area (Å²) in [6.45, 7) is 4.08. The van der Waals surface area contributed by atoms with Gasteiger partial charge in [0, 0.05) is 42.7 Å². The zero-order valence-electron chi connectivity index (χ0n) is 61.4. The van der Waals surface area contributed by atoms with Gasteiger partial charge in [0.25, 0.3) is 38.9 Å². The number of aryl methyl sites for hydroxylation is 1. The highest BCUT2D eigenvalue weighted by molar-refractivity contribution is 14.1. The third-order valence-corrected chi connectivity index (χ3v) is 27.4. The van der Waals surface area contributed by atoms with Gasteiger partial charge in [0.1, 0.15) is 51.8 Å². The van der Waals surface area contributed by atoms with Gasteiger partial charge >= 0.3 is 0 Å². The first-order valence-electron chi connectivity index (χ1n) is 33.6. The van der Waals surface area contributed by atoms with Crippen molar-refractivity contribution in [2.75, 3.05) is 40.6 Å². The molecule has 9 heterocycles. The summed E-state index contributed by atoms with van der Waals surface area (Å²) in [5, 5.41) is 28.9. The Hall–Kier alpha value is -7.08. The number of ether oxygens (including phenoxy) is 4. The van der Waals surface area contributed by atoms with Crippen LogP contribution in [0.5, 0.6) is 17.2 Å². The molecule has 622 valence electrons. The standard InChI is InChI=1S/C13H13Br2N3O2.C13H12Br2N2O3.C11H8Br2N2O2.C11H8I2N2O.C10H4Cl4N2O.C9H5Br2N3O.C9H5Cl2N3O/c14-11-8-17-18(13(19)12(11)15)9-3-1-4-10(7-9)20-6-2-5-16;1-19-5-6-20-10-4-2-3-9(7-10)17-13(18)12(15)11(14)8-16-17;1-17-8-4-2-3-7(5-8)15-11(16)10(13)9(12)6-14-15;1-7-3-2-4-8(5-7)15-11(16)10(13)9(12)6-14-15;11-5-1-2-8(6(12)3-5)16-10(17)9(14)7(13)4-15-16;2*10-6-5-13-14(9(15)8(6)11)7-3-1-2-4-12-7/h1,3-4,7-8H,2,5-6,16H2;2-4,7-8H,5-6H2,1H3;2-6H,1H3;2-6H,1H3;1-4H;2*1-5H. The van der Waals surface area contributed by atoms with Gasteiger partial charge < -0.3 is 24.7 Å². The van der Waals surface area contributed by atoms with E-state index in [1.54, 1.807) is 149 Å². The van der Waals surface area contributed by atoms with Crippen molar-refractivity contribution in [3.05, 3.63) is 359 Å². The maximum absolute atomic E-state index is 12.1. The topological polar surface area (TPSA) is 333 Å². The molecular formula is C76H55Br8Cl6I2N17O11. The van der Waals surface area contributed by atoms with E-state index in [0.717, 1.165) is 30.6 Å². The Labute approximate surface area is 805 Å². The first-order valence-corrected chi connectivity index (χ1v) is 44.3. The van der Waals surface area contributed by atoms with Crippen molar-refractivity contribution < 1.29 is 18.9 Å². The number of nitrogens with zero attached hydrogens (tertiary/aromatic N) is 16. The summed E-state index contributed by atoms with van der Waals surface area (Å²) in [6.07, 6.45) is 14.5. The van der Waals surface area contributed by atoms with Gasteiger partial charge in [0.05, 0.1) is 132 Å². The average Bonchev–Trinajstić information content (AvgIpc) is 0.821. The van der Waals surface area contributed by atoms with Crippen LogP contribution in [0.4, 0.5) is 0 Å². The zero-order valence-corrected chi connectivity index (χ0v) is 83.0. The normalized spacial score (nSPS) is 10.4. The van der Waals surface area contributed by atoms with E-state index < -0.39 is 11.1 Å². The number of rotatable bonds is 16. The van der Waals surface area contributed by atoms with Crippen LogP contribution in [0.1, 0.15) is 12.0 Å². The van der Waals surface area contributed by atoms with Crippen LogP contribution in [-0.2, 0) is 4.74 Å². The lowest BCUT2D eigenvalue weighted by Gasteiger charge is -2.09. The fourth-order valence-corrected chi connectivity index (χ4v) is 13.0. The van der Waals surface area contributed by atoms with E-state index in [0.29, 0.717) is 127 Å². The molecule has 0 radical (unpaired) electrons. The molecule has 0 unspecified atom stereocenters.